The molecule has 1 aromatic rings. The van der Waals surface area contributed by atoms with Crippen molar-refractivity contribution in [3.63, 3.8) is 0 Å². The van der Waals surface area contributed by atoms with Crippen LogP contribution in [0, 0.1) is 0 Å². The molecular weight excluding hydrogens is 310 g/mol. The number of benzene rings is 1. The lowest BCUT2D eigenvalue weighted by atomic mass is 10.0. The van der Waals surface area contributed by atoms with Crippen molar-refractivity contribution >= 4 is 12.4 Å². The zero-order chi connectivity index (χ0) is 18.2. The monoisotopic (exact) mass is 337 g/mol. The Bertz CT molecular complexity index is 544. The molecular formula is C18H27NO5. The second-order valence-corrected chi connectivity index (χ2v) is 5.75. The van der Waals surface area contributed by atoms with Crippen LogP contribution in [0.3, 0.4) is 0 Å². The average molecular weight is 337 g/mol. The standard InChI is InChI=1S/C10H11NO.C6H10O4.C2H6/c12-8-11-6-5-9-3-1-2-4-10(9)7-11;1-6(2)9-3-4(10-6)5(7)8;1-2/h1-4,8H,5-7H2;4H,3H2,1-2H3,(H,7,8);1-2H3/t;4-;/m.1./s1. The van der Waals surface area contributed by atoms with E-state index < -0.39 is 17.9 Å². The van der Waals surface area contributed by atoms with Crippen LogP contribution in [0.5, 0.6) is 0 Å². The number of carbonyl (C=O) groups is 2. The van der Waals surface area contributed by atoms with Gasteiger partial charge in [-0.15, -0.1) is 0 Å². The van der Waals surface area contributed by atoms with Gasteiger partial charge in [-0.3, -0.25) is 4.79 Å². The highest BCUT2D eigenvalue weighted by molar-refractivity contribution is 5.72. The second-order valence-electron chi connectivity index (χ2n) is 5.75. The van der Waals surface area contributed by atoms with E-state index >= 15 is 0 Å². The molecule has 6 nitrogen and oxygen atoms in total. The van der Waals surface area contributed by atoms with E-state index in [0.29, 0.717) is 0 Å². The number of carboxylic acids is 1. The normalized spacial score (nSPS) is 20.7. The molecule has 0 aliphatic carbocycles. The van der Waals surface area contributed by atoms with Crippen LogP contribution < -0.4 is 0 Å². The maximum absolute atomic E-state index is 10.5. The average Bonchev–Trinajstić information content (AvgIpc) is 2.97. The third-order valence-corrected chi connectivity index (χ3v) is 3.59. The minimum atomic E-state index is -0.967. The summed E-state index contributed by atoms with van der Waals surface area (Å²) in [5, 5.41) is 8.44. The first-order chi connectivity index (χ1) is 11.4. The molecule has 2 aliphatic heterocycles. The SMILES string of the molecule is CC.CC1(C)OC[C@H](C(=O)O)O1.O=CN1CCc2ccccc2C1. The van der Waals surface area contributed by atoms with Gasteiger partial charge >= 0.3 is 5.97 Å². The first-order valence-electron chi connectivity index (χ1n) is 8.22. The van der Waals surface area contributed by atoms with Crippen LogP contribution in [0.15, 0.2) is 24.3 Å². The first kappa shape index (κ1) is 20.1. The number of nitrogens with zero attached hydrogens (tertiary/aromatic N) is 1. The largest absolute Gasteiger partial charge is 0.479 e. The Hall–Kier alpha value is -1.92. The van der Waals surface area contributed by atoms with Crippen molar-refractivity contribution in [3.05, 3.63) is 35.4 Å². The molecule has 24 heavy (non-hydrogen) atoms. The number of hydrogen-bond donors (Lipinski definition) is 1. The van der Waals surface area contributed by atoms with Gasteiger partial charge in [-0.2, -0.15) is 0 Å². The summed E-state index contributed by atoms with van der Waals surface area (Å²) in [6, 6.07) is 8.30. The molecule has 1 saturated heterocycles. The van der Waals surface area contributed by atoms with Gasteiger partial charge in [-0.25, -0.2) is 4.79 Å². The summed E-state index contributed by atoms with van der Waals surface area (Å²) < 4.78 is 10.00. The Morgan fingerprint density at radius 1 is 1.29 bits per heavy atom. The number of amides is 1. The fourth-order valence-electron chi connectivity index (χ4n) is 2.42. The maximum Gasteiger partial charge on any atom is 0.335 e. The molecule has 0 unspecified atom stereocenters. The fraction of sp³-hybridized carbons (Fsp3) is 0.556. The Balaban J connectivity index is 0.000000221. The summed E-state index contributed by atoms with van der Waals surface area (Å²) in [6.07, 6.45) is 1.13. The highest BCUT2D eigenvalue weighted by Gasteiger charge is 2.36. The van der Waals surface area contributed by atoms with E-state index in [0.717, 1.165) is 25.9 Å². The van der Waals surface area contributed by atoms with Crippen molar-refractivity contribution in [2.75, 3.05) is 13.2 Å². The Kier molecular flexibility index (Phi) is 7.88. The number of hydrogen-bond acceptors (Lipinski definition) is 4. The van der Waals surface area contributed by atoms with Gasteiger partial charge in [0.05, 0.1) is 6.61 Å². The molecule has 2 aliphatic rings. The first-order valence-corrected chi connectivity index (χ1v) is 8.22. The number of aliphatic carboxylic acids is 1. The number of rotatable bonds is 2. The lowest BCUT2D eigenvalue weighted by Gasteiger charge is -2.24. The van der Waals surface area contributed by atoms with E-state index in [-0.39, 0.29) is 6.61 Å². The van der Waals surface area contributed by atoms with Crippen molar-refractivity contribution in [1.29, 1.82) is 0 Å². The van der Waals surface area contributed by atoms with E-state index in [4.69, 9.17) is 14.6 Å². The summed E-state index contributed by atoms with van der Waals surface area (Å²) >= 11 is 0. The zero-order valence-corrected chi connectivity index (χ0v) is 14.8. The summed E-state index contributed by atoms with van der Waals surface area (Å²) in [6.45, 7) is 9.16. The third-order valence-electron chi connectivity index (χ3n) is 3.59. The number of fused-ring (bicyclic) bond motifs is 1. The number of carbonyl (C=O) groups excluding carboxylic acids is 1. The summed E-state index contributed by atoms with van der Waals surface area (Å²) in [5.74, 6) is -1.70. The predicted molar refractivity (Wildman–Crippen MR) is 90.5 cm³/mol. The van der Waals surface area contributed by atoms with Crippen LogP contribution in [0.1, 0.15) is 38.8 Å². The van der Waals surface area contributed by atoms with Crippen LogP contribution >= 0.6 is 0 Å². The predicted octanol–water partition coefficient (Wildman–Crippen LogP) is 2.45. The van der Waals surface area contributed by atoms with E-state index in [1.54, 1.807) is 13.8 Å². The Morgan fingerprint density at radius 3 is 2.38 bits per heavy atom. The Labute approximate surface area is 143 Å². The fourth-order valence-corrected chi connectivity index (χ4v) is 2.42. The lowest BCUT2D eigenvalue weighted by Crippen LogP contribution is -2.28. The van der Waals surface area contributed by atoms with Gasteiger partial charge in [-0.1, -0.05) is 38.1 Å². The number of carboxylic acid groups (broad SMARTS) is 1. The molecule has 1 N–H and O–H groups in total. The van der Waals surface area contributed by atoms with Crippen LogP contribution in [0.25, 0.3) is 0 Å². The van der Waals surface area contributed by atoms with Crippen LogP contribution in [-0.4, -0.2) is 47.4 Å². The number of ether oxygens (including phenoxy) is 2. The summed E-state index contributed by atoms with van der Waals surface area (Å²) in [5.41, 5.74) is 2.67. The van der Waals surface area contributed by atoms with Crippen LogP contribution in [-0.2, 0) is 32.0 Å². The molecule has 1 amide bonds. The van der Waals surface area contributed by atoms with E-state index in [2.05, 4.69) is 18.2 Å². The van der Waals surface area contributed by atoms with Gasteiger partial charge in [0.1, 0.15) is 0 Å². The van der Waals surface area contributed by atoms with Gasteiger partial charge in [0.15, 0.2) is 11.9 Å². The quantitative estimate of drug-likeness (QED) is 0.839. The van der Waals surface area contributed by atoms with Crippen molar-refractivity contribution in [1.82, 2.24) is 4.90 Å². The highest BCUT2D eigenvalue weighted by Crippen LogP contribution is 2.21. The highest BCUT2D eigenvalue weighted by atomic mass is 16.7. The molecule has 0 bridgehead atoms. The molecule has 0 aromatic heterocycles. The molecule has 6 heteroatoms. The van der Waals surface area contributed by atoms with Gasteiger partial charge in [0.2, 0.25) is 6.41 Å². The zero-order valence-electron chi connectivity index (χ0n) is 14.8. The van der Waals surface area contributed by atoms with Gasteiger partial charge < -0.3 is 19.5 Å². The molecule has 134 valence electrons. The molecule has 3 rings (SSSR count). The third kappa shape index (κ3) is 5.94. The van der Waals surface area contributed by atoms with Gasteiger partial charge in [0.25, 0.3) is 0 Å². The van der Waals surface area contributed by atoms with E-state index in [1.807, 2.05) is 24.8 Å². The maximum atomic E-state index is 10.5. The molecule has 0 spiro atoms. The topological polar surface area (TPSA) is 76.1 Å². The van der Waals surface area contributed by atoms with Crippen LogP contribution in [0.2, 0.25) is 0 Å². The van der Waals surface area contributed by atoms with Gasteiger partial charge in [-0.05, 0) is 31.4 Å². The minimum Gasteiger partial charge on any atom is -0.479 e. The van der Waals surface area contributed by atoms with Crippen molar-refractivity contribution in [3.8, 4) is 0 Å². The molecule has 1 aromatic carbocycles. The molecule has 0 radical (unpaired) electrons. The second kappa shape index (κ2) is 9.39. The molecule has 2 heterocycles. The molecule has 1 atom stereocenters. The van der Waals surface area contributed by atoms with E-state index in [1.165, 1.54) is 11.1 Å². The molecule has 0 saturated carbocycles. The minimum absolute atomic E-state index is 0.141. The van der Waals surface area contributed by atoms with Crippen molar-refractivity contribution in [2.24, 2.45) is 0 Å². The lowest BCUT2D eigenvalue weighted by molar-refractivity contribution is -0.164. The van der Waals surface area contributed by atoms with Crippen LogP contribution in [0.4, 0.5) is 0 Å². The van der Waals surface area contributed by atoms with E-state index in [9.17, 15) is 9.59 Å². The van der Waals surface area contributed by atoms with Gasteiger partial charge in [0, 0.05) is 13.1 Å². The summed E-state index contributed by atoms with van der Waals surface area (Å²) in [7, 11) is 0. The summed E-state index contributed by atoms with van der Waals surface area (Å²) in [4.78, 5) is 22.6. The molecule has 1 fully saturated rings. The smallest absolute Gasteiger partial charge is 0.335 e. The Morgan fingerprint density at radius 2 is 1.92 bits per heavy atom. The van der Waals surface area contributed by atoms with Crippen molar-refractivity contribution < 1.29 is 24.2 Å². The van der Waals surface area contributed by atoms with Crippen molar-refractivity contribution in [2.45, 2.75) is 52.6 Å².